The molecule has 0 radical (unpaired) electrons. The highest BCUT2D eigenvalue weighted by molar-refractivity contribution is 5.00. The van der Waals surface area contributed by atoms with E-state index in [1.165, 1.54) is 16.8 Å². The van der Waals surface area contributed by atoms with E-state index in [0.717, 1.165) is 0 Å². The topological polar surface area (TPSA) is 105 Å². The van der Waals surface area contributed by atoms with Crippen LogP contribution in [0.1, 0.15) is 13.0 Å². The van der Waals surface area contributed by atoms with Crippen LogP contribution in [0.4, 0.5) is 0 Å². The molecule has 0 spiro atoms. The molecule has 1 aromatic heterocycles. The van der Waals surface area contributed by atoms with Gasteiger partial charge >= 0.3 is 5.69 Å². The monoisotopic (exact) mass is 256 g/mol. The number of nitrogens with one attached hydrogen (secondary N) is 1. The first-order valence-electron chi connectivity index (χ1n) is 5.67. The van der Waals surface area contributed by atoms with Crippen LogP contribution in [0.15, 0.2) is 21.9 Å². The summed E-state index contributed by atoms with van der Waals surface area (Å²) in [6, 6.07) is 0.815. The lowest BCUT2D eigenvalue weighted by molar-refractivity contribution is -0.0157. The fraction of sp³-hybridized carbons (Fsp3) is 0.636. The van der Waals surface area contributed by atoms with Crippen LogP contribution in [0.5, 0.6) is 0 Å². The van der Waals surface area contributed by atoms with E-state index in [2.05, 4.69) is 4.98 Å². The van der Waals surface area contributed by atoms with Crippen LogP contribution in [-0.2, 0) is 4.74 Å². The molecule has 0 aromatic carbocycles. The molecule has 7 heteroatoms. The summed E-state index contributed by atoms with van der Waals surface area (Å²) >= 11 is 0. The Bertz CT molecular complexity index is 537. The van der Waals surface area contributed by atoms with E-state index in [9.17, 15) is 19.8 Å². The zero-order valence-electron chi connectivity index (χ0n) is 10.00. The Morgan fingerprint density at radius 1 is 1.56 bits per heavy atom. The molecule has 0 bridgehead atoms. The molecule has 1 fully saturated rings. The van der Waals surface area contributed by atoms with Crippen molar-refractivity contribution in [3.8, 4) is 0 Å². The molecule has 0 saturated carbocycles. The zero-order valence-corrected chi connectivity index (χ0v) is 10.00. The van der Waals surface area contributed by atoms with E-state index >= 15 is 0 Å². The molecule has 1 aromatic rings. The highest BCUT2D eigenvalue weighted by Crippen LogP contribution is 2.41. The van der Waals surface area contributed by atoms with Gasteiger partial charge in [0.25, 0.3) is 5.56 Å². The van der Waals surface area contributed by atoms with Gasteiger partial charge in [0, 0.05) is 17.7 Å². The average Bonchev–Trinajstić information content (AvgIpc) is 2.67. The molecule has 1 aliphatic rings. The van der Waals surface area contributed by atoms with Gasteiger partial charge in [-0.25, -0.2) is 4.79 Å². The molecule has 0 aliphatic carbocycles. The Morgan fingerprint density at radius 3 is 2.83 bits per heavy atom. The molecule has 1 saturated heterocycles. The van der Waals surface area contributed by atoms with Crippen LogP contribution in [0.25, 0.3) is 0 Å². The lowest BCUT2D eigenvalue weighted by Gasteiger charge is -2.32. The minimum atomic E-state index is -0.767. The van der Waals surface area contributed by atoms with Gasteiger partial charge in [0.1, 0.15) is 0 Å². The molecule has 3 N–H and O–H groups in total. The van der Waals surface area contributed by atoms with Crippen molar-refractivity contribution in [1.29, 1.82) is 0 Å². The quantitative estimate of drug-likeness (QED) is 0.608. The van der Waals surface area contributed by atoms with Crippen LogP contribution in [0.2, 0.25) is 0 Å². The van der Waals surface area contributed by atoms with E-state index in [1.807, 2.05) is 0 Å². The second kappa shape index (κ2) is 4.68. The van der Waals surface area contributed by atoms with Gasteiger partial charge in [-0.3, -0.25) is 14.3 Å². The molecule has 2 heterocycles. The van der Waals surface area contributed by atoms with Crippen LogP contribution in [0, 0.1) is 5.41 Å². The maximum absolute atomic E-state index is 11.7. The van der Waals surface area contributed by atoms with Gasteiger partial charge in [0.2, 0.25) is 0 Å². The summed E-state index contributed by atoms with van der Waals surface area (Å²) in [5.41, 5.74) is -1.79. The second-order valence-corrected chi connectivity index (χ2v) is 4.70. The highest BCUT2D eigenvalue weighted by Gasteiger charge is 2.48. The van der Waals surface area contributed by atoms with Crippen molar-refractivity contribution in [3.05, 3.63) is 33.1 Å². The lowest BCUT2D eigenvalue weighted by atomic mass is 9.80. The van der Waals surface area contributed by atoms with Gasteiger partial charge < -0.3 is 14.9 Å². The van der Waals surface area contributed by atoms with E-state index in [0.29, 0.717) is 0 Å². The molecule has 2 rings (SSSR count). The fourth-order valence-electron chi connectivity index (χ4n) is 2.34. The minimum Gasteiger partial charge on any atom is -0.396 e. The van der Waals surface area contributed by atoms with Crippen molar-refractivity contribution in [1.82, 2.24) is 9.55 Å². The van der Waals surface area contributed by atoms with Gasteiger partial charge in [-0.05, 0) is 0 Å². The lowest BCUT2D eigenvalue weighted by Crippen LogP contribution is -2.44. The van der Waals surface area contributed by atoms with E-state index in [4.69, 9.17) is 4.74 Å². The summed E-state index contributed by atoms with van der Waals surface area (Å²) in [6.07, 6.45) is 0.842. The first-order valence-corrected chi connectivity index (χ1v) is 5.67. The molecule has 0 amide bonds. The largest absolute Gasteiger partial charge is 0.396 e. The summed E-state index contributed by atoms with van der Waals surface area (Å²) in [7, 11) is 0. The fourth-order valence-corrected chi connectivity index (χ4v) is 2.34. The van der Waals surface area contributed by atoms with Gasteiger partial charge in [-0.15, -0.1) is 0 Å². The Morgan fingerprint density at radius 2 is 2.28 bits per heavy atom. The number of aromatic nitrogens is 2. The molecule has 1 aliphatic heterocycles. The number of aliphatic hydroxyl groups excluding tert-OH is 2. The zero-order chi connectivity index (χ0) is 13.3. The van der Waals surface area contributed by atoms with Gasteiger partial charge in [-0.1, -0.05) is 6.92 Å². The number of aromatic amines is 1. The van der Waals surface area contributed by atoms with Crippen molar-refractivity contribution >= 4 is 0 Å². The third-order valence-electron chi connectivity index (χ3n) is 3.65. The third-order valence-corrected chi connectivity index (χ3v) is 3.65. The van der Waals surface area contributed by atoms with Crippen molar-refractivity contribution in [2.45, 2.75) is 19.1 Å². The maximum Gasteiger partial charge on any atom is 0.328 e. The highest BCUT2D eigenvalue weighted by atomic mass is 16.5. The molecular formula is C11H16N2O5. The SMILES string of the molecule is C[C@]1(CO)C(n2ccc(=O)[nH]c2=O)CO[C@@H]1CO. The second-order valence-electron chi connectivity index (χ2n) is 4.70. The number of rotatable bonds is 3. The maximum atomic E-state index is 11.7. The summed E-state index contributed by atoms with van der Waals surface area (Å²) in [6.45, 7) is 1.48. The van der Waals surface area contributed by atoms with Gasteiger partial charge in [0.05, 0.1) is 32.0 Å². The molecule has 7 nitrogen and oxygen atoms in total. The Labute approximate surface area is 103 Å². The Hall–Kier alpha value is -1.44. The minimum absolute atomic E-state index is 0.203. The first-order chi connectivity index (χ1) is 8.52. The summed E-state index contributed by atoms with van der Waals surface area (Å²) in [5, 5.41) is 18.8. The van der Waals surface area contributed by atoms with Gasteiger partial charge in [0.15, 0.2) is 0 Å². The predicted molar refractivity (Wildman–Crippen MR) is 62.4 cm³/mol. The third kappa shape index (κ3) is 1.90. The number of nitrogens with zero attached hydrogens (tertiary/aromatic N) is 1. The first kappa shape index (κ1) is 13.0. The summed E-state index contributed by atoms with van der Waals surface area (Å²) in [4.78, 5) is 24.9. The number of aliphatic hydroxyl groups is 2. The number of ether oxygens (including phenoxy) is 1. The van der Waals surface area contributed by atoms with Crippen molar-refractivity contribution in [3.63, 3.8) is 0 Å². The Kier molecular flexibility index (Phi) is 3.38. The standard InChI is InChI=1S/C11H16N2O5/c1-11(6-15)7(5-18-8(11)4-14)13-3-2-9(16)12-10(13)17/h2-3,7-8,14-15H,4-6H2,1H3,(H,12,16,17)/t7?,8-,11+/m1/s1. The van der Waals surface area contributed by atoms with Crippen LogP contribution < -0.4 is 11.2 Å². The molecule has 18 heavy (non-hydrogen) atoms. The number of hydrogen-bond donors (Lipinski definition) is 3. The van der Waals surface area contributed by atoms with Crippen LogP contribution in [0.3, 0.4) is 0 Å². The van der Waals surface area contributed by atoms with Crippen LogP contribution in [-0.4, -0.2) is 45.7 Å². The molecule has 3 atom stereocenters. The Balaban J connectivity index is 2.45. The van der Waals surface area contributed by atoms with Crippen molar-refractivity contribution < 1.29 is 14.9 Å². The van der Waals surface area contributed by atoms with E-state index in [1.54, 1.807) is 6.92 Å². The summed E-state index contributed by atoms with van der Waals surface area (Å²) < 4.78 is 6.73. The molecule has 100 valence electrons. The van der Waals surface area contributed by atoms with Gasteiger partial charge in [-0.2, -0.15) is 0 Å². The smallest absolute Gasteiger partial charge is 0.328 e. The van der Waals surface area contributed by atoms with Crippen molar-refractivity contribution in [2.24, 2.45) is 5.41 Å². The van der Waals surface area contributed by atoms with Crippen molar-refractivity contribution in [2.75, 3.05) is 19.8 Å². The molecular weight excluding hydrogens is 240 g/mol. The summed E-state index contributed by atoms with van der Waals surface area (Å²) in [5.74, 6) is 0. The average molecular weight is 256 g/mol. The normalized spacial score (nSPS) is 31.7. The molecule has 1 unspecified atom stereocenters. The number of H-pyrrole nitrogens is 1. The number of hydrogen-bond acceptors (Lipinski definition) is 5. The predicted octanol–water partition coefficient (Wildman–Crippen LogP) is -1.53. The van der Waals surface area contributed by atoms with E-state index < -0.39 is 28.8 Å². The van der Waals surface area contributed by atoms with Crippen LogP contribution >= 0.6 is 0 Å². The van der Waals surface area contributed by atoms with E-state index in [-0.39, 0.29) is 19.8 Å².